The lowest BCUT2D eigenvalue weighted by molar-refractivity contribution is 0.102. The third kappa shape index (κ3) is 3.42. The fourth-order valence-corrected chi connectivity index (χ4v) is 2.71. The van der Waals surface area contributed by atoms with E-state index in [1.54, 1.807) is 6.07 Å². The second kappa shape index (κ2) is 6.84. The Bertz CT molecular complexity index is 931. The largest absolute Gasteiger partial charge is 0.339 e. The molecule has 0 bridgehead atoms. The quantitative estimate of drug-likeness (QED) is 0.782. The van der Waals surface area contributed by atoms with Crippen molar-refractivity contribution in [2.75, 3.05) is 5.32 Å². The van der Waals surface area contributed by atoms with Crippen LogP contribution >= 0.6 is 0 Å². The van der Waals surface area contributed by atoms with Gasteiger partial charge in [-0.15, -0.1) is 0 Å². The van der Waals surface area contributed by atoms with Gasteiger partial charge in [-0.05, 0) is 44.0 Å². The lowest BCUT2D eigenvalue weighted by Crippen LogP contribution is -2.16. The van der Waals surface area contributed by atoms with E-state index in [4.69, 9.17) is 4.52 Å². The molecule has 3 rings (SSSR count). The van der Waals surface area contributed by atoms with Crippen molar-refractivity contribution in [3.8, 4) is 11.4 Å². The highest BCUT2D eigenvalue weighted by Gasteiger charge is 2.19. The first kappa shape index (κ1) is 16.8. The zero-order valence-corrected chi connectivity index (χ0v) is 14.8. The molecule has 6 heteroatoms. The molecule has 3 aromatic rings. The van der Waals surface area contributed by atoms with E-state index < -0.39 is 0 Å². The molecule has 0 fully saturated rings. The number of carbonyl (C=O) groups excluding carboxylic acids is 1. The SMILES string of the molecule is CCc1nc(-c2c(C)cc(C)nc2NC(=O)c2ccccc2C)no1. The lowest BCUT2D eigenvalue weighted by atomic mass is 10.1. The second-order valence-electron chi connectivity index (χ2n) is 5.94. The number of pyridine rings is 1. The number of aryl methyl sites for hydroxylation is 4. The van der Waals surface area contributed by atoms with Gasteiger partial charge in [0.15, 0.2) is 0 Å². The molecule has 0 saturated carbocycles. The van der Waals surface area contributed by atoms with Crippen molar-refractivity contribution >= 4 is 11.7 Å². The van der Waals surface area contributed by atoms with Gasteiger partial charge in [-0.2, -0.15) is 4.98 Å². The van der Waals surface area contributed by atoms with Crippen molar-refractivity contribution in [2.45, 2.75) is 34.1 Å². The highest BCUT2D eigenvalue weighted by molar-refractivity contribution is 6.06. The summed E-state index contributed by atoms with van der Waals surface area (Å²) in [6, 6.07) is 9.36. The zero-order valence-electron chi connectivity index (χ0n) is 14.8. The van der Waals surface area contributed by atoms with E-state index in [1.165, 1.54) is 0 Å². The van der Waals surface area contributed by atoms with Gasteiger partial charge in [0.1, 0.15) is 5.82 Å². The number of rotatable bonds is 4. The fourth-order valence-electron chi connectivity index (χ4n) is 2.71. The first-order valence-electron chi connectivity index (χ1n) is 8.17. The van der Waals surface area contributed by atoms with E-state index in [2.05, 4.69) is 20.4 Å². The molecule has 2 aromatic heterocycles. The Hall–Kier alpha value is -3.02. The van der Waals surface area contributed by atoms with Crippen LogP contribution in [0.3, 0.4) is 0 Å². The van der Waals surface area contributed by atoms with Crippen LogP contribution in [0.4, 0.5) is 5.82 Å². The van der Waals surface area contributed by atoms with Crippen molar-refractivity contribution in [1.29, 1.82) is 0 Å². The Balaban J connectivity index is 2.03. The monoisotopic (exact) mass is 336 g/mol. The third-order valence-corrected chi connectivity index (χ3v) is 3.96. The molecule has 0 unspecified atom stereocenters. The van der Waals surface area contributed by atoms with Gasteiger partial charge in [-0.3, -0.25) is 4.79 Å². The number of amides is 1. The Morgan fingerprint density at radius 2 is 1.88 bits per heavy atom. The minimum Gasteiger partial charge on any atom is -0.339 e. The molecule has 0 spiro atoms. The first-order chi connectivity index (χ1) is 12.0. The fraction of sp³-hybridized carbons (Fsp3) is 0.263. The van der Waals surface area contributed by atoms with Gasteiger partial charge < -0.3 is 9.84 Å². The van der Waals surface area contributed by atoms with Gasteiger partial charge in [0.25, 0.3) is 5.91 Å². The molecule has 0 aliphatic carbocycles. The number of hydrogen-bond acceptors (Lipinski definition) is 5. The Labute approximate surface area is 146 Å². The number of benzene rings is 1. The maximum Gasteiger partial charge on any atom is 0.257 e. The highest BCUT2D eigenvalue weighted by Crippen LogP contribution is 2.29. The van der Waals surface area contributed by atoms with Gasteiger partial charge in [0, 0.05) is 17.7 Å². The smallest absolute Gasteiger partial charge is 0.257 e. The van der Waals surface area contributed by atoms with Crippen molar-refractivity contribution in [3.63, 3.8) is 0 Å². The predicted octanol–water partition coefficient (Wildman–Crippen LogP) is 3.87. The van der Waals surface area contributed by atoms with E-state index in [-0.39, 0.29) is 5.91 Å². The van der Waals surface area contributed by atoms with Gasteiger partial charge >= 0.3 is 0 Å². The van der Waals surface area contributed by atoms with Crippen molar-refractivity contribution in [3.05, 3.63) is 58.6 Å². The summed E-state index contributed by atoms with van der Waals surface area (Å²) in [6.45, 7) is 7.67. The van der Waals surface area contributed by atoms with E-state index in [9.17, 15) is 4.79 Å². The van der Waals surface area contributed by atoms with Crippen LogP contribution in [0.5, 0.6) is 0 Å². The first-order valence-corrected chi connectivity index (χ1v) is 8.17. The van der Waals surface area contributed by atoms with Crippen LogP contribution in [0.25, 0.3) is 11.4 Å². The van der Waals surface area contributed by atoms with Crippen molar-refractivity contribution in [2.24, 2.45) is 0 Å². The second-order valence-corrected chi connectivity index (χ2v) is 5.94. The average molecular weight is 336 g/mol. The molecule has 0 aliphatic rings. The van der Waals surface area contributed by atoms with Crippen LogP contribution < -0.4 is 5.32 Å². The topological polar surface area (TPSA) is 80.9 Å². The third-order valence-electron chi connectivity index (χ3n) is 3.96. The van der Waals surface area contributed by atoms with E-state index >= 15 is 0 Å². The average Bonchev–Trinajstić information content (AvgIpc) is 3.03. The molecule has 0 radical (unpaired) electrons. The minimum atomic E-state index is -0.212. The standard InChI is InChI=1S/C19H20N4O2/c1-5-15-21-18(23-25-15)16-12(3)10-13(4)20-17(16)22-19(24)14-9-7-6-8-11(14)2/h6-10H,5H2,1-4H3,(H,20,22,24). The number of anilines is 1. The van der Waals surface area contributed by atoms with Gasteiger partial charge in [0.2, 0.25) is 11.7 Å². The summed E-state index contributed by atoms with van der Waals surface area (Å²) in [5, 5.41) is 6.93. The van der Waals surface area contributed by atoms with Crippen LogP contribution in [0.15, 0.2) is 34.9 Å². The summed E-state index contributed by atoms with van der Waals surface area (Å²) in [5.41, 5.74) is 3.92. The van der Waals surface area contributed by atoms with Crippen LogP contribution in [-0.4, -0.2) is 21.0 Å². The Morgan fingerprint density at radius 3 is 2.56 bits per heavy atom. The molecule has 128 valence electrons. The Kier molecular flexibility index (Phi) is 4.61. The molecule has 1 aromatic carbocycles. The van der Waals surface area contributed by atoms with Gasteiger partial charge in [-0.25, -0.2) is 4.98 Å². The van der Waals surface area contributed by atoms with Crippen LogP contribution in [-0.2, 0) is 6.42 Å². The minimum absolute atomic E-state index is 0.212. The maximum atomic E-state index is 12.7. The molecule has 1 amide bonds. The molecule has 1 N–H and O–H groups in total. The van der Waals surface area contributed by atoms with Crippen molar-refractivity contribution in [1.82, 2.24) is 15.1 Å². The summed E-state index contributed by atoms with van der Waals surface area (Å²) in [6.07, 6.45) is 0.649. The zero-order chi connectivity index (χ0) is 18.0. The summed E-state index contributed by atoms with van der Waals surface area (Å²) in [5.74, 6) is 1.21. The normalized spacial score (nSPS) is 10.7. The van der Waals surface area contributed by atoms with E-state index in [1.807, 2.05) is 52.0 Å². The maximum absolute atomic E-state index is 12.7. The Morgan fingerprint density at radius 1 is 1.12 bits per heavy atom. The van der Waals surface area contributed by atoms with Crippen LogP contribution in [0.2, 0.25) is 0 Å². The predicted molar refractivity (Wildman–Crippen MR) is 95.5 cm³/mol. The molecule has 0 atom stereocenters. The summed E-state index contributed by atoms with van der Waals surface area (Å²) < 4.78 is 5.22. The highest BCUT2D eigenvalue weighted by atomic mass is 16.5. The van der Waals surface area contributed by atoms with Gasteiger partial charge in [0.05, 0.1) is 5.56 Å². The molecule has 0 aliphatic heterocycles. The van der Waals surface area contributed by atoms with E-state index in [0.717, 1.165) is 16.8 Å². The summed E-state index contributed by atoms with van der Waals surface area (Å²) >= 11 is 0. The number of aromatic nitrogens is 3. The lowest BCUT2D eigenvalue weighted by Gasteiger charge is -2.12. The molecule has 6 nitrogen and oxygen atoms in total. The number of nitrogens with zero attached hydrogens (tertiary/aromatic N) is 3. The van der Waals surface area contributed by atoms with Crippen LogP contribution in [0.1, 0.15) is 40.0 Å². The molecular formula is C19H20N4O2. The summed E-state index contributed by atoms with van der Waals surface area (Å²) in [7, 11) is 0. The molecule has 25 heavy (non-hydrogen) atoms. The molecule has 2 heterocycles. The number of hydrogen-bond donors (Lipinski definition) is 1. The van der Waals surface area contributed by atoms with Gasteiger partial charge in [-0.1, -0.05) is 30.3 Å². The number of carbonyl (C=O) groups is 1. The summed E-state index contributed by atoms with van der Waals surface area (Å²) in [4.78, 5) is 21.6. The van der Waals surface area contributed by atoms with E-state index in [0.29, 0.717) is 35.1 Å². The van der Waals surface area contributed by atoms with Crippen molar-refractivity contribution < 1.29 is 9.32 Å². The van der Waals surface area contributed by atoms with Crippen LogP contribution in [0, 0.1) is 20.8 Å². The molecule has 0 saturated heterocycles. The number of nitrogens with one attached hydrogen (secondary N) is 1. The molecular weight excluding hydrogens is 316 g/mol.